The third kappa shape index (κ3) is 2.96. The molecule has 1 aromatic carbocycles. The van der Waals surface area contributed by atoms with Crippen LogP contribution in [0.1, 0.15) is 23.4 Å². The van der Waals surface area contributed by atoms with E-state index in [1.54, 1.807) is 11.3 Å². The molecule has 2 N–H and O–H groups in total. The van der Waals surface area contributed by atoms with Crippen molar-refractivity contribution in [2.75, 3.05) is 6.61 Å². The van der Waals surface area contributed by atoms with E-state index in [0.717, 1.165) is 25.1 Å². The van der Waals surface area contributed by atoms with Gasteiger partial charge in [0.25, 0.3) is 0 Å². The van der Waals surface area contributed by atoms with Crippen LogP contribution in [-0.2, 0) is 0 Å². The van der Waals surface area contributed by atoms with E-state index in [4.69, 9.17) is 10.5 Å². The topological polar surface area (TPSA) is 35.2 Å². The summed E-state index contributed by atoms with van der Waals surface area (Å²) in [6.07, 6.45) is 0. The predicted octanol–water partition coefficient (Wildman–Crippen LogP) is 4.72. The maximum absolute atomic E-state index is 6.30. The Morgan fingerprint density at radius 2 is 2.06 bits per heavy atom. The van der Waals surface area contributed by atoms with Gasteiger partial charge in [-0.2, -0.15) is 0 Å². The number of nitrogens with two attached hydrogens (primary N) is 1. The van der Waals surface area contributed by atoms with E-state index in [2.05, 4.69) is 31.9 Å². The maximum atomic E-state index is 6.30. The fourth-order valence-corrected chi connectivity index (χ4v) is 3.93. The van der Waals surface area contributed by atoms with E-state index in [1.807, 2.05) is 36.6 Å². The molecule has 2 nitrogen and oxygen atoms in total. The van der Waals surface area contributed by atoms with Gasteiger partial charge in [0.15, 0.2) is 0 Å². The molecular weight excluding hydrogens is 378 g/mol. The van der Waals surface area contributed by atoms with Gasteiger partial charge in [-0.25, -0.2) is 0 Å². The molecule has 0 aliphatic carbocycles. The number of benzene rings is 1. The Morgan fingerprint density at radius 3 is 2.61 bits per heavy atom. The second kappa shape index (κ2) is 6.19. The Labute approximate surface area is 127 Å². The van der Waals surface area contributed by atoms with E-state index in [-0.39, 0.29) is 6.04 Å². The maximum Gasteiger partial charge on any atom is 0.120 e. The van der Waals surface area contributed by atoms with Crippen LogP contribution in [0.5, 0.6) is 5.75 Å². The Balaban J connectivity index is 2.31. The lowest BCUT2D eigenvalue weighted by Crippen LogP contribution is -2.11. The molecule has 1 heterocycles. The van der Waals surface area contributed by atoms with E-state index in [9.17, 15) is 0 Å². The molecule has 0 saturated heterocycles. The first kappa shape index (κ1) is 14.1. The molecule has 2 aromatic rings. The molecule has 2 rings (SSSR count). The minimum atomic E-state index is -0.135. The zero-order chi connectivity index (χ0) is 13.1. The summed E-state index contributed by atoms with van der Waals surface area (Å²) in [4.78, 5) is 1.12. The van der Waals surface area contributed by atoms with Crippen LogP contribution in [0.3, 0.4) is 0 Å². The summed E-state index contributed by atoms with van der Waals surface area (Å²) in [6, 6.07) is 7.80. The highest BCUT2D eigenvalue weighted by atomic mass is 79.9. The summed E-state index contributed by atoms with van der Waals surface area (Å²) in [5.41, 5.74) is 7.35. The zero-order valence-electron chi connectivity index (χ0n) is 9.82. The molecule has 0 fully saturated rings. The second-order valence-electron chi connectivity index (χ2n) is 3.73. The fraction of sp³-hybridized carbons (Fsp3) is 0.231. The highest BCUT2D eigenvalue weighted by Crippen LogP contribution is 2.35. The first-order valence-corrected chi connectivity index (χ1v) is 8.00. The molecule has 96 valence electrons. The quantitative estimate of drug-likeness (QED) is 0.819. The van der Waals surface area contributed by atoms with Gasteiger partial charge in [0.1, 0.15) is 5.75 Å². The predicted molar refractivity (Wildman–Crippen MR) is 83.4 cm³/mol. The van der Waals surface area contributed by atoms with Crippen LogP contribution in [0, 0.1) is 0 Å². The Bertz CT molecular complexity index is 542. The summed E-state index contributed by atoms with van der Waals surface area (Å²) in [6.45, 7) is 2.63. The number of halogens is 2. The molecule has 5 heteroatoms. The largest absolute Gasteiger partial charge is 0.494 e. The molecule has 0 radical (unpaired) electrons. The van der Waals surface area contributed by atoms with Crippen molar-refractivity contribution in [3.05, 3.63) is 49.0 Å². The van der Waals surface area contributed by atoms with Gasteiger partial charge >= 0.3 is 0 Å². The molecule has 0 spiro atoms. The SMILES string of the molecule is CCOc1ccc(C(N)c2sccc2Br)c(Br)c1. The van der Waals surface area contributed by atoms with Gasteiger partial charge in [-0.1, -0.05) is 22.0 Å². The molecule has 18 heavy (non-hydrogen) atoms. The number of hydrogen-bond acceptors (Lipinski definition) is 3. The van der Waals surface area contributed by atoms with Crippen molar-refractivity contribution in [1.82, 2.24) is 0 Å². The van der Waals surface area contributed by atoms with Gasteiger partial charge in [0, 0.05) is 13.8 Å². The number of hydrogen-bond donors (Lipinski definition) is 1. The monoisotopic (exact) mass is 389 g/mol. The van der Waals surface area contributed by atoms with Crippen LogP contribution in [0.4, 0.5) is 0 Å². The van der Waals surface area contributed by atoms with Gasteiger partial charge in [0.2, 0.25) is 0 Å². The molecule has 0 aliphatic heterocycles. The Hall–Kier alpha value is -0.360. The molecule has 0 bridgehead atoms. The van der Waals surface area contributed by atoms with Crippen LogP contribution in [0.25, 0.3) is 0 Å². The molecule has 0 amide bonds. The van der Waals surface area contributed by atoms with E-state index in [1.165, 1.54) is 0 Å². The Kier molecular flexibility index (Phi) is 4.84. The minimum absolute atomic E-state index is 0.135. The molecule has 0 aliphatic rings. The summed E-state index contributed by atoms with van der Waals surface area (Å²) in [7, 11) is 0. The van der Waals surface area contributed by atoms with Crippen LogP contribution < -0.4 is 10.5 Å². The van der Waals surface area contributed by atoms with Crippen molar-refractivity contribution in [1.29, 1.82) is 0 Å². The van der Waals surface area contributed by atoms with Gasteiger partial charge in [-0.3, -0.25) is 0 Å². The standard InChI is InChI=1S/C13H13Br2NOS/c1-2-17-8-3-4-9(11(15)7-8)12(16)13-10(14)5-6-18-13/h3-7,12H,2,16H2,1H3. The third-order valence-electron chi connectivity index (χ3n) is 2.55. The van der Waals surface area contributed by atoms with Gasteiger partial charge in [-0.05, 0) is 52.0 Å². The van der Waals surface area contributed by atoms with E-state index in [0.29, 0.717) is 6.61 Å². The number of ether oxygens (including phenoxy) is 1. The van der Waals surface area contributed by atoms with Crippen LogP contribution in [0.2, 0.25) is 0 Å². The smallest absolute Gasteiger partial charge is 0.120 e. The number of rotatable bonds is 4. The summed E-state index contributed by atoms with van der Waals surface area (Å²) in [5, 5.41) is 2.03. The first-order chi connectivity index (χ1) is 8.63. The van der Waals surface area contributed by atoms with Crippen LogP contribution >= 0.6 is 43.2 Å². The van der Waals surface area contributed by atoms with Gasteiger partial charge in [-0.15, -0.1) is 11.3 Å². The van der Waals surface area contributed by atoms with E-state index >= 15 is 0 Å². The molecule has 1 atom stereocenters. The molecule has 0 saturated carbocycles. The third-order valence-corrected chi connectivity index (χ3v) is 5.19. The lowest BCUT2D eigenvalue weighted by Gasteiger charge is -2.14. The average molecular weight is 391 g/mol. The van der Waals surface area contributed by atoms with Crippen LogP contribution in [-0.4, -0.2) is 6.61 Å². The second-order valence-corrected chi connectivity index (χ2v) is 6.38. The Morgan fingerprint density at radius 1 is 1.28 bits per heavy atom. The van der Waals surface area contributed by atoms with Gasteiger partial charge < -0.3 is 10.5 Å². The lowest BCUT2D eigenvalue weighted by atomic mass is 10.1. The number of thiophene rings is 1. The van der Waals surface area contributed by atoms with Crippen molar-refractivity contribution >= 4 is 43.2 Å². The summed E-state index contributed by atoms with van der Waals surface area (Å²) >= 11 is 8.73. The summed E-state index contributed by atoms with van der Waals surface area (Å²) < 4.78 is 7.49. The molecule has 1 aromatic heterocycles. The minimum Gasteiger partial charge on any atom is -0.494 e. The first-order valence-electron chi connectivity index (χ1n) is 5.54. The normalized spacial score (nSPS) is 12.4. The van der Waals surface area contributed by atoms with Crippen molar-refractivity contribution < 1.29 is 4.74 Å². The van der Waals surface area contributed by atoms with Crippen molar-refractivity contribution in [2.24, 2.45) is 5.73 Å². The highest BCUT2D eigenvalue weighted by molar-refractivity contribution is 9.10. The van der Waals surface area contributed by atoms with Crippen molar-refractivity contribution in [3.8, 4) is 5.75 Å². The van der Waals surface area contributed by atoms with Crippen LogP contribution in [0.15, 0.2) is 38.6 Å². The summed E-state index contributed by atoms with van der Waals surface area (Å²) in [5.74, 6) is 0.852. The lowest BCUT2D eigenvalue weighted by molar-refractivity contribution is 0.340. The average Bonchev–Trinajstić information content (AvgIpc) is 2.75. The zero-order valence-corrected chi connectivity index (χ0v) is 13.8. The highest BCUT2D eigenvalue weighted by Gasteiger charge is 2.16. The van der Waals surface area contributed by atoms with Gasteiger partial charge in [0.05, 0.1) is 12.6 Å². The van der Waals surface area contributed by atoms with Crippen molar-refractivity contribution in [2.45, 2.75) is 13.0 Å². The van der Waals surface area contributed by atoms with E-state index < -0.39 is 0 Å². The molecule has 1 unspecified atom stereocenters. The fourth-order valence-electron chi connectivity index (χ4n) is 1.69. The molecular formula is C13H13Br2NOS. The van der Waals surface area contributed by atoms with Crippen molar-refractivity contribution in [3.63, 3.8) is 0 Å².